The number of rotatable bonds is 6. The molecule has 0 aliphatic carbocycles. The Bertz CT molecular complexity index is 940. The van der Waals surface area contributed by atoms with E-state index in [1.807, 2.05) is 67.6 Å². The van der Waals surface area contributed by atoms with Crippen molar-refractivity contribution in [2.24, 2.45) is 0 Å². The molecule has 3 aromatic carbocycles. The topological polar surface area (TPSA) is 73.8 Å². The van der Waals surface area contributed by atoms with E-state index in [-0.39, 0.29) is 10.9 Å². The van der Waals surface area contributed by atoms with E-state index in [1.54, 1.807) is 24.3 Å². The molecule has 0 aliphatic heterocycles. The molecule has 0 unspecified atom stereocenters. The highest BCUT2D eigenvalue weighted by Crippen LogP contribution is 2.27. The SMILES string of the molecule is Cc1ccc(S(=O)(=O)N[C@@H](c2ccccc2)[C@@H]([NH3+])c2ccccc2)cc1. The van der Waals surface area contributed by atoms with Crippen LogP contribution in [0.4, 0.5) is 0 Å². The van der Waals surface area contributed by atoms with Gasteiger partial charge < -0.3 is 5.73 Å². The fraction of sp³-hybridized carbons (Fsp3) is 0.143. The lowest BCUT2D eigenvalue weighted by Gasteiger charge is -2.23. The highest BCUT2D eigenvalue weighted by Gasteiger charge is 2.29. The zero-order valence-electron chi connectivity index (χ0n) is 14.7. The minimum Gasteiger partial charge on any atom is -0.350 e. The lowest BCUT2D eigenvalue weighted by atomic mass is 9.95. The minimum absolute atomic E-state index is 0.254. The molecule has 4 nitrogen and oxygen atoms in total. The van der Waals surface area contributed by atoms with E-state index in [9.17, 15) is 8.42 Å². The van der Waals surface area contributed by atoms with E-state index in [0.29, 0.717) is 0 Å². The lowest BCUT2D eigenvalue weighted by Crippen LogP contribution is -2.59. The summed E-state index contributed by atoms with van der Waals surface area (Å²) in [6.45, 7) is 1.93. The van der Waals surface area contributed by atoms with Gasteiger partial charge in [0, 0.05) is 5.56 Å². The highest BCUT2D eigenvalue weighted by atomic mass is 32.2. The molecule has 0 spiro atoms. The van der Waals surface area contributed by atoms with Gasteiger partial charge in [-0.15, -0.1) is 0 Å². The summed E-state index contributed by atoms with van der Waals surface area (Å²) in [5, 5.41) is 0. The molecule has 5 heteroatoms. The molecule has 0 saturated carbocycles. The first-order valence-corrected chi connectivity index (χ1v) is 9.98. The summed E-state index contributed by atoms with van der Waals surface area (Å²) in [7, 11) is -3.67. The normalized spacial score (nSPS) is 13.9. The Morgan fingerprint density at radius 1 is 0.769 bits per heavy atom. The average Bonchev–Trinajstić information content (AvgIpc) is 2.67. The van der Waals surface area contributed by atoms with Gasteiger partial charge in [0.1, 0.15) is 12.1 Å². The molecule has 0 bridgehead atoms. The minimum atomic E-state index is -3.67. The Morgan fingerprint density at radius 2 is 1.27 bits per heavy atom. The number of aryl methyl sites for hydroxylation is 1. The number of benzene rings is 3. The third kappa shape index (κ3) is 4.19. The molecule has 0 radical (unpaired) electrons. The molecular formula is C21H23N2O2S+. The number of sulfonamides is 1. The Kier molecular flexibility index (Phi) is 5.52. The van der Waals surface area contributed by atoms with Crippen LogP contribution in [0.1, 0.15) is 28.8 Å². The van der Waals surface area contributed by atoms with E-state index < -0.39 is 16.1 Å². The highest BCUT2D eigenvalue weighted by molar-refractivity contribution is 7.89. The summed E-state index contributed by atoms with van der Waals surface area (Å²) in [6.07, 6.45) is 0. The molecule has 3 aromatic rings. The van der Waals surface area contributed by atoms with Crippen LogP contribution in [0.3, 0.4) is 0 Å². The molecule has 0 aliphatic rings. The standard InChI is InChI=1S/C21H22N2O2S/c1-16-12-14-19(15-13-16)26(24,25)23-21(18-10-6-3-7-11-18)20(22)17-8-4-2-5-9-17/h2-15,20-21,23H,22H2,1H3/p+1/t20-,21-/m0/s1. The van der Waals surface area contributed by atoms with Crippen molar-refractivity contribution in [1.82, 2.24) is 4.72 Å². The van der Waals surface area contributed by atoms with Crippen LogP contribution in [0, 0.1) is 6.92 Å². The molecular weight excluding hydrogens is 344 g/mol. The molecule has 4 N–H and O–H groups in total. The van der Waals surface area contributed by atoms with Gasteiger partial charge in [0.25, 0.3) is 0 Å². The monoisotopic (exact) mass is 367 g/mol. The van der Waals surface area contributed by atoms with Crippen LogP contribution < -0.4 is 10.5 Å². The third-order valence-electron chi connectivity index (χ3n) is 4.40. The van der Waals surface area contributed by atoms with Crippen LogP contribution in [0.5, 0.6) is 0 Å². The lowest BCUT2D eigenvalue weighted by molar-refractivity contribution is -0.433. The van der Waals surface area contributed by atoms with E-state index in [0.717, 1.165) is 16.7 Å². The second kappa shape index (κ2) is 7.83. The van der Waals surface area contributed by atoms with Gasteiger partial charge in [0.2, 0.25) is 10.0 Å². The zero-order chi connectivity index (χ0) is 18.6. The molecule has 134 valence electrons. The van der Waals surface area contributed by atoms with E-state index in [2.05, 4.69) is 10.5 Å². The Labute approximate surface area is 154 Å². The van der Waals surface area contributed by atoms with Crippen molar-refractivity contribution >= 4 is 10.0 Å². The maximum Gasteiger partial charge on any atom is 0.241 e. The summed E-state index contributed by atoms with van der Waals surface area (Å²) in [5.41, 5.74) is 7.13. The van der Waals surface area contributed by atoms with Crippen molar-refractivity contribution in [2.75, 3.05) is 0 Å². The number of hydrogen-bond donors (Lipinski definition) is 2. The second-order valence-electron chi connectivity index (χ2n) is 6.34. The van der Waals surface area contributed by atoms with Crippen LogP contribution in [0.2, 0.25) is 0 Å². The predicted molar refractivity (Wildman–Crippen MR) is 103 cm³/mol. The first kappa shape index (κ1) is 18.3. The molecule has 0 aromatic heterocycles. The van der Waals surface area contributed by atoms with Gasteiger partial charge in [0.05, 0.1) is 4.90 Å². The maximum absolute atomic E-state index is 12.9. The first-order valence-electron chi connectivity index (χ1n) is 8.49. The zero-order valence-corrected chi connectivity index (χ0v) is 15.5. The van der Waals surface area contributed by atoms with Crippen LogP contribution in [-0.2, 0) is 10.0 Å². The molecule has 0 amide bonds. The van der Waals surface area contributed by atoms with Crippen molar-refractivity contribution in [1.29, 1.82) is 0 Å². The van der Waals surface area contributed by atoms with Gasteiger partial charge in [-0.05, 0) is 24.6 Å². The number of hydrogen-bond acceptors (Lipinski definition) is 2. The van der Waals surface area contributed by atoms with E-state index in [1.165, 1.54) is 0 Å². The van der Waals surface area contributed by atoms with E-state index in [4.69, 9.17) is 0 Å². The van der Waals surface area contributed by atoms with Crippen molar-refractivity contribution in [3.05, 3.63) is 102 Å². The van der Waals surface area contributed by atoms with Crippen LogP contribution >= 0.6 is 0 Å². The number of quaternary nitrogens is 1. The quantitative estimate of drug-likeness (QED) is 0.703. The fourth-order valence-corrected chi connectivity index (χ4v) is 4.15. The van der Waals surface area contributed by atoms with Crippen molar-refractivity contribution < 1.29 is 14.2 Å². The van der Waals surface area contributed by atoms with Gasteiger partial charge in [-0.2, -0.15) is 4.72 Å². The maximum atomic E-state index is 12.9. The van der Waals surface area contributed by atoms with Crippen LogP contribution in [0.25, 0.3) is 0 Å². The second-order valence-corrected chi connectivity index (χ2v) is 8.05. The Morgan fingerprint density at radius 3 is 1.81 bits per heavy atom. The van der Waals surface area contributed by atoms with Crippen molar-refractivity contribution in [3.8, 4) is 0 Å². The smallest absolute Gasteiger partial charge is 0.241 e. The van der Waals surface area contributed by atoms with E-state index >= 15 is 0 Å². The Balaban J connectivity index is 1.97. The molecule has 0 fully saturated rings. The first-order chi connectivity index (χ1) is 12.5. The summed E-state index contributed by atoms with van der Waals surface area (Å²) in [6, 6.07) is 25.4. The number of nitrogens with one attached hydrogen (secondary N) is 1. The average molecular weight is 367 g/mol. The Hall–Kier alpha value is -2.47. The van der Waals surface area contributed by atoms with Gasteiger partial charge >= 0.3 is 0 Å². The van der Waals surface area contributed by atoms with Crippen LogP contribution in [-0.4, -0.2) is 8.42 Å². The van der Waals surface area contributed by atoms with Crippen molar-refractivity contribution in [3.63, 3.8) is 0 Å². The van der Waals surface area contributed by atoms with Gasteiger partial charge in [-0.1, -0.05) is 78.4 Å². The fourth-order valence-electron chi connectivity index (χ4n) is 2.89. The van der Waals surface area contributed by atoms with Gasteiger partial charge in [0.15, 0.2) is 0 Å². The van der Waals surface area contributed by atoms with Gasteiger partial charge in [-0.3, -0.25) is 0 Å². The molecule has 3 rings (SSSR count). The molecule has 2 atom stereocenters. The third-order valence-corrected chi connectivity index (χ3v) is 5.86. The predicted octanol–water partition coefficient (Wildman–Crippen LogP) is 3.00. The molecule has 26 heavy (non-hydrogen) atoms. The summed E-state index contributed by atoms with van der Waals surface area (Å²) >= 11 is 0. The van der Waals surface area contributed by atoms with Gasteiger partial charge in [-0.25, -0.2) is 8.42 Å². The molecule has 0 saturated heterocycles. The summed E-state index contributed by atoms with van der Waals surface area (Å²) in [5.74, 6) is 0. The summed E-state index contributed by atoms with van der Waals surface area (Å²) < 4.78 is 28.7. The molecule has 0 heterocycles. The van der Waals surface area contributed by atoms with Crippen LogP contribution in [0.15, 0.2) is 89.8 Å². The summed E-state index contributed by atoms with van der Waals surface area (Å²) in [4.78, 5) is 0.254. The van der Waals surface area contributed by atoms with Crippen molar-refractivity contribution in [2.45, 2.75) is 23.9 Å². The largest absolute Gasteiger partial charge is 0.350 e.